The normalized spacial score (nSPS) is 14.1. The summed E-state index contributed by atoms with van der Waals surface area (Å²) in [6.45, 7) is 2.53. The van der Waals surface area contributed by atoms with Gasteiger partial charge in [0.15, 0.2) is 6.04 Å². The quantitative estimate of drug-likeness (QED) is 0.0208. The lowest BCUT2D eigenvalue weighted by Gasteiger charge is -2.18. The molecule has 0 fully saturated rings. The molecule has 0 aromatic rings. The van der Waals surface area contributed by atoms with Crippen molar-refractivity contribution in [1.29, 1.82) is 0 Å². The number of nitrogens with one attached hydrogen (secondary N) is 1. The molecule has 0 aromatic carbocycles. The van der Waals surface area contributed by atoms with Gasteiger partial charge in [0.25, 0.3) is 0 Å². The molecule has 0 bridgehead atoms. The standard InChI is InChI=1S/C39H72NO10P/c1-3-5-7-9-11-13-15-16-17-18-19-20-21-22-24-26-28-30-37(42)40-36(39(44)45)34-50-51(46,47)49-33-35(41)32-48-38(43)31-29-27-25-23-14-12-10-8-6-4-2/h11,13,16-17,35-36,41H,3-10,12,14-15,18-34H2,1-2H3,(H,40,42)(H,44,45)(H,46,47)/b13-11-,17-16-. The van der Waals surface area contributed by atoms with Crippen LogP contribution < -0.4 is 5.32 Å². The summed E-state index contributed by atoms with van der Waals surface area (Å²) in [5.41, 5.74) is 0. The molecule has 0 rings (SSSR count). The number of phosphoric ester groups is 1. The average molecular weight is 746 g/mol. The second kappa shape index (κ2) is 35.0. The first kappa shape index (κ1) is 49.0. The van der Waals surface area contributed by atoms with E-state index in [9.17, 15) is 34.1 Å². The molecule has 1 amide bonds. The van der Waals surface area contributed by atoms with E-state index in [4.69, 9.17) is 13.8 Å². The number of phosphoric acid groups is 1. The monoisotopic (exact) mass is 745 g/mol. The molecule has 4 N–H and O–H groups in total. The number of carbonyl (C=O) groups is 3. The summed E-state index contributed by atoms with van der Waals surface area (Å²) in [6, 6.07) is -1.55. The Hall–Kier alpha value is -2.04. The highest BCUT2D eigenvalue weighted by Gasteiger charge is 2.28. The van der Waals surface area contributed by atoms with Crippen LogP contribution >= 0.6 is 7.82 Å². The SMILES string of the molecule is CCCCC/C=C\C/C=C\CCCCCCCCCC(=O)NC(COP(=O)(O)OCC(O)COC(=O)CCCCCCCCCCCC)C(=O)O. The van der Waals surface area contributed by atoms with Gasteiger partial charge in [0.05, 0.1) is 13.2 Å². The Morgan fingerprint density at radius 2 is 1.08 bits per heavy atom. The lowest BCUT2D eigenvalue weighted by molar-refractivity contribution is -0.147. The summed E-state index contributed by atoms with van der Waals surface area (Å²) in [4.78, 5) is 45.7. The number of hydrogen-bond acceptors (Lipinski definition) is 8. The second-order valence-electron chi connectivity index (χ2n) is 13.5. The molecule has 3 atom stereocenters. The molecule has 0 aromatic heterocycles. The maximum absolute atomic E-state index is 12.3. The average Bonchev–Trinajstić information content (AvgIpc) is 3.10. The fourth-order valence-corrected chi connectivity index (χ4v) is 6.12. The molecule has 0 saturated carbocycles. The summed E-state index contributed by atoms with van der Waals surface area (Å²) >= 11 is 0. The third kappa shape index (κ3) is 34.8. The van der Waals surface area contributed by atoms with Gasteiger partial charge in [-0.2, -0.15) is 0 Å². The zero-order valence-electron chi connectivity index (χ0n) is 31.9. The number of unbranched alkanes of at least 4 members (excludes halogenated alkanes) is 19. The van der Waals surface area contributed by atoms with Crippen LogP contribution in [-0.2, 0) is 32.7 Å². The molecule has 51 heavy (non-hydrogen) atoms. The Labute approximate surface area is 309 Å². The zero-order valence-corrected chi connectivity index (χ0v) is 32.8. The van der Waals surface area contributed by atoms with Gasteiger partial charge in [-0.15, -0.1) is 0 Å². The fraction of sp³-hybridized carbons (Fsp3) is 0.821. The van der Waals surface area contributed by atoms with Crippen LogP contribution in [0.1, 0.15) is 174 Å². The molecule has 298 valence electrons. The number of esters is 1. The van der Waals surface area contributed by atoms with E-state index in [1.807, 2.05) is 0 Å². The first-order chi connectivity index (χ1) is 24.6. The Kier molecular flexibility index (Phi) is 33.6. The predicted octanol–water partition coefficient (Wildman–Crippen LogP) is 9.50. The number of carboxylic acids is 1. The van der Waals surface area contributed by atoms with Gasteiger partial charge in [0.2, 0.25) is 5.91 Å². The molecule has 0 heterocycles. The van der Waals surface area contributed by atoms with Crippen molar-refractivity contribution >= 4 is 25.7 Å². The molecule has 3 unspecified atom stereocenters. The first-order valence-electron chi connectivity index (χ1n) is 19.9. The van der Waals surface area contributed by atoms with Crippen molar-refractivity contribution < 1.29 is 47.8 Å². The lowest BCUT2D eigenvalue weighted by atomic mass is 10.1. The van der Waals surface area contributed by atoms with Gasteiger partial charge in [0.1, 0.15) is 12.7 Å². The molecule has 0 spiro atoms. The number of hydrogen-bond donors (Lipinski definition) is 4. The van der Waals surface area contributed by atoms with Gasteiger partial charge >= 0.3 is 19.8 Å². The first-order valence-corrected chi connectivity index (χ1v) is 21.4. The van der Waals surface area contributed by atoms with Gasteiger partial charge in [0, 0.05) is 12.8 Å². The van der Waals surface area contributed by atoms with Gasteiger partial charge in [-0.3, -0.25) is 18.6 Å². The van der Waals surface area contributed by atoms with Crippen LogP contribution in [0.5, 0.6) is 0 Å². The summed E-state index contributed by atoms with van der Waals surface area (Å²) in [6.07, 6.45) is 33.5. The number of amides is 1. The van der Waals surface area contributed by atoms with E-state index < -0.39 is 57.6 Å². The minimum Gasteiger partial charge on any atom is -0.480 e. The van der Waals surface area contributed by atoms with E-state index in [2.05, 4.69) is 43.5 Å². The Morgan fingerprint density at radius 3 is 1.63 bits per heavy atom. The van der Waals surface area contributed by atoms with Crippen molar-refractivity contribution in [3.63, 3.8) is 0 Å². The summed E-state index contributed by atoms with van der Waals surface area (Å²) in [5, 5.41) is 21.7. The van der Waals surface area contributed by atoms with Crippen LogP contribution in [0.4, 0.5) is 0 Å². The molecular weight excluding hydrogens is 673 g/mol. The predicted molar refractivity (Wildman–Crippen MR) is 203 cm³/mol. The topological polar surface area (TPSA) is 169 Å². The molecule has 11 nitrogen and oxygen atoms in total. The van der Waals surface area contributed by atoms with E-state index in [0.717, 1.165) is 57.8 Å². The van der Waals surface area contributed by atoms with Crippen LogP contribution in [0.25, 0.3) is 0 Å². The third-order valence-corrected chi connectivity index (χ3v) is 9.44. The van der Waals surface area contributed by atoms with Crippen LogP contribution in [0, 0.1) is 0 Å². The van der Waals surface area contributed by atoms with Crippen LogP contribution in [0.3, 0.4) is 0 Å². The molecule has 0 radical (unpaired) electrons. The van der Waals surface area contributed by atoms with Crippen molar-refractivity contribution in [2.75, 3.05) is 19.8 Å². The number of carboxylic acid groups (broad SMARTS) is 1. The molecule has 0 aliphatic rings. The van der Waals surface area contributed by atoms with Crippen molar-refractivity contribution in [3.8, 4) is 0 Å². The molecule has 0 aliphatic heterocycles. The van der Waals surface area contributed by atoms with Crippen molar-refractivity contribution in [2.24, 2.45) is 0 Å². The van der Waals surface area contributed by atoms with E-state index in [1.54, 1.807) is 0 Å². The number of carbonyl (C=O) groups excluding carboxylic acids is 2. The van der Waals surface area contributed by atoms with Crippen LogP contribution in [-0.4, -0.2) is 64.9 Å². The van der Waals surface area contributed by atoms with E-state index in [0.29, 0.717) is 12.8 Å². The Balaban J connectivity index is 3.96. The number of aliphatic hydroxyl groups excluding tert-OH is 1. The molecule has 0 saturated heterocycles. The van der Waals surface area contributed by atoms with E-state index >= 15 is 0 Å². The highest BCUT2D eigenvalue weighted by Crippen LogP contribution is 2.43. The number of aliphatic carboxylic acids is 1. The summed E-state index contributed by atoms with van der Waals surface area (Å²) < 4.78 is 26.7. The zero-order chi connectivity index (χ0) is 37.8. The van der Waals surface area contributed by atoms with Crippen molar-refractivity contribution in [3.05, 3.63) is 24.3 Å². The smallest absolute Gasteiger partial charge is 0.472 e. The van der Waals surface area contributed by atoms with Crippen molar-refractivity contribution in [2.45, 2.75) is 187 Å². The number of aliphatic hydroxyl groups is 1. The molecule has 12 heteroatoms. The lowest BCUT2D eigenvalue weighted by Crippen LogP contribution is -2.43. The minimum absolute atomic E-state index is 0.138. The number of rotatable bonds is 37. The summed E-state index contributed by atoms with van der Waals surface area (Å²) in [5.74, 6) is -2.38. The van der Waals surface area contributed by atoms with Crippen molar-refractivity contribution in [1.82, 2.24) is 5.32 Å². The number of ether oxygens (including phenoxy) is 1. The second-order valence-corrected chi connectivity index (χ2v) is 14.9. The van der Waals surface area contributed by atoms with Crippen LogP contribution in [0.2, 0.25) is 0 Å². The van der Waals surface area contributed by atoms with E-state index in [1.165, 1.54) is 77.0 Å². The highest BCUT2D eigenvalue weighted by atomic mass is 31.2. The van der Waals surface area contributed by atoms with Gasteiger partial charge in [-0.05, 0) is 44.9 Å². The van der Waals surface area contributed by atoms with Gasteiger partial charge in [-0.25, -0.2) is 9.36 Å². The number of allylic oxidation sites excluding steroid dienone is 4. The Morgan fingerprint density at radius 1 is 0.627 bits per heavy atom. The third-order valence-electron chi connectivity index (χ3n) is 8.49. The van der Waals surface area contributed by atoms with Gasteiger partial charge < -0.3 is 25.2 Å². The highest BCUT2D eigenvalue weighted by molar-refractivity contribution is 7.47. The molecular formula is C39H72NO10P. The molecule has 0 aliphatic carbocycles. The summed E-state index contributed by atoms with van der Waals surface area (Å²) in [7, 11) is -4.75. The van der Waals surface area contributed by atoms with Crippen LogP contribution in [0.15, 0.2) is 24.3 Å². The largest absolute Gasteiger partial charge is 0.480 e. The van der Waals surface area contributed by atoms with Gasteiger partial charge in [-0.1, -0.05) is 141 Å². The Bertz CT molecular complexity index is 974. The maximum atomic E-state index is 12.3. The minimum atomic E-state index is -4.75. The maximum Gasteiger partial charge on any atom is 0.472 e. The van der Waals surface area contributed by atoms with E-state index in [-0.39, 0.29) is 12.8 Å². The fourth-order valence-electron chi connectivity index (χ4n) is 5.34.